The number of benzene rings is 1. The van der Waals surface area contributed by atoms with E-state index >= 15 is 0 Å². The summed E-state index contributed by atoms with van der Waals surface area (Å²) in [7, 11) is 1.24. The fraction of sp³-hybridized carbons (Fsp3) is 0.235. The summed E-state index contributed by atoms with van der Waals surface area (Å²) in [5.41, 5.74) is -2.45. The van der Waals surface area contributed by atoms with Crippen LogP contribution in [0.25, 0.3) is 12.2 Å². The fourth-order valence-corrected chi connectivity index (χ4v) is 2.19. The molecule has 2 N–H and O–H groups in total. The second-order valence-corrected chi connectivity index (χ2v) is 5.26. The molecule has 28 heavy (non-hydrogen) atoms. The van der Waals surface area contributed by atoms with Crippen LogP contribution >= 0.6 is 0 Å². The molecule has 148 valence electrons. The molecule has 0 fully saturated rings. The quantitative estimate of drug-likeness (QED) is 0.385. The molecule has 0 amide bonds. The highest BCUT2D eigenvalue weighted by molar-refractivity contribution is 5.73. The van der Waals surface area contributed by atoms with Crippen molar-refractivity contribution in [1.82, 2.24) is 9.97 Å². The number of hydrogen-bond acceptors (Lipinski definition) is 8. The van der Waals surface area contributed by atoms with E-state index in [1.165, 1.54) is 19.3 Å². The summed E-state index contributed by atoms with van der Waals surface area (Å²) in [6, 6.07) is 4.72. The maximum atomic E-state index is 11.6. The van der Waals surface area contributed by atoms with Gasteiger partial charge in [0.2, 0.25) is 0 Å². The Balaban J connectivity index is 2.35. The second-order valence-electron chi connectivity index (χ2n) is 5.26. The number of carbonyl (C=O) groups excluding carboxylic acids is 1. The molecule has 1 aromatic heterocycles. The van der Waals surface area contributed by atoms with Crippen molar-refractivity contribution in [3.05, 3.63) is 60.4 Å². The Labute approximate surface area is 157 Å². The maximum absolute atomic E-state index is 11.6. The van der Waals surface area contributed by atoms with Gasteiger partial charge in [-0.3, -0.25) is 19.9 Å². The average molecular weight is 391 g/mol. The molecular weight excluding hydrogens is 374 g/mol. The molecule has 0 radical (unpaired) electrons. The molecular formula is C17H17N3O8. The minimum absolute atomic E-state index is 0.247. The highest BCUT2D eigenvalue weighted by Gasteiger charge is 2.18. The second kappa shape index (κ2) is 9.16. The minimum atomic E-state index is -1.10. The lowest BCUT2D eigenvalue weighted by Gasteiger charge is -2.11. The van der Waals surface area contributed by atoms with Crippen LogP contribution in [0.5, 0.6) is 11.5 Å². The first kappa shape index (κ1) is 20.4. The van der Waals surface area contributed by atoms with Gasteiger partial charge in [0.15, 0.2) is 18.1 Å². The number of carbonyl (C=O) groups is 1. The molecule has 1 heterocycles. The molecule has 11 heteroatoms. The van der Waals surface area contributed by atoms with E-state index in [2.05, 4.69) is 9.72 Å². The number of nitrogens with one attached hydrogen (secondary N) is 2. The van der Waals surface area contributed by atoms with Crippen LogP contribution < -0.4 is 20.7 Å². The number of aromatic nitrogens is 2. The van der Waals surface area contributed by atoms with Crippen molar-refractivity contribution in [3.63, 3.8) is 0 Å². The number of nitrogens with zero attached hydrogens (tertiary/aromatic N) is 1. The molecule has 0 spiro atoms. The molecule has 0 bridgehead atoms. The summed E-state index contributed by atoms with van der Waals surface area (Å²) in [5, 5.41) is 11.1. The van der Waals surface area contributed by atoms with Gasteiger partial charge >= 0.3 is 22.9 Å². The zero-order valence-corrected chi connectivity index (χ0v) is 15.0. The fourth-order valence-electron chi connectivity index (χ4n) is 2.19. The highest BCUT2D eigenvalue weighted by Crippen LogP contribution is 2.29. The van der Waals surface area contributed by atoms with E-state index in [0.29, 0.717) is 23.7 Å². The van der Waals surface area contributed by atoms with Crippen LogP contribution in [0.1, 0.15) is 18.2 Å². The Kier molecular flexibility index (Phi) is 6.68. The molecule has 1 aromatic carbocycles. The number of nitro groups is 1. The van der Waals surface area contributed by atoms with Gasteiger partial charge in [-0.25, -0.2) is 9.59 Å². The third-order valence-corrected chi connectivity index (χ3v) is 3.41. The lowest BCUT2D eigenvalue weighted by atomic mass is 10.1. The van der Waals surface area contributed by atoms with Crippen molar-refractivity contribution in [2.45, 2.75) is 6.92 Å². The number of methoxy groups -OCH3 is 1. The van der Waals surface area contributed by atoms with E-state index in [0.717, 1.165) is 0 Å². The van der Waals surface area contributed by atoms with Gasteiger partial charge in [-0.1, -0.05) is 12.1 Å². The van der Waals surface area contributed by atoms with Crippen LogP contribution in [-0.4, -0.2) is 41.2 Å². The minimum Gasteiger partial charge on any atom is -0.490 e. The topological polar surface area (TPSA) is 154 Å². The van der Waals surface area contributed by atoms with Gasteiger partial charge in [-0.05, 0) is 30.7 Å². The summed E-state index contributed by atoms with van der Waals surface area (Å²) < 4.78 is 15.3. The smallest absolute Gasteiger partial charge is 0.357 e. The van der Waals surface area contributed by atoms with Crippen molar-refractivity contribution in [2.24, 2.45) is 0 Å². The molecule has 0 aliphatic carbocycles. The van der Waals surface area contributed by atoms with Crippen LogP contribution in [0.15, 0.2) is 27.8 Å². The standard InChI is InChI=1S/C17H17N3O8/c1-3-27-13-8-10(5-7-12(13)28-9-14(21)26-2)4-6-11-15(20(24)25)16(22)19-17(23)18-11/h4-8H,3,9H2,1-2H3,(H2,18,19,22,23)/b6-4-. The Morgan fingerprint density at radius 3 is 2.57 bits per heavy atom. The number of aromatic amines is 2. The number of rotatable bonds is 8. The van der Waals surface area contributed by atoms with Gasteiger partial charge < -0.3 is 19.2 Å². The van der Waals surface area contributed by atoms with Gasteiger partial charge in [0.25, 0.3) is 0 Å². The lowest BCUT2D eigenvalue weighted by molar-refractivity contribution is -0.386. The Morgan fingerprint density at radius 2 is 1.93 bits per heavy atom. The Morgan fingerprint density at radius 1 is 1.18 bits per heavy atom. The molecule has 2 aromatic rings. The van der Waals surface area contributed by atoms with E-state index in [1.54, 1.807) is 30.1 Å². The van der Waals surface area contributed by atoms with E-state index in [9.17, 15) is 24.5 Å². The Hall–Kier alpha value is -3.89. The molecule has 0 aliphatic heterocycles. The molecule has 0 unspecified atom stereocenters. The third kappa shape index (κ3) is 5.06. The monoisotopic (exact) mass is 391 g/mol. The van der Waals surface area contributed by atoms with Crippen LogP contribution in [0.2, 0.25) is 0 Å². The first-order chi connectivity index (χ1) is 13.3. The number of esters is 1. The van der Waals surface area contributed by atoms with Crippen molar-refractivity contribution >= 4 is 23.8 Å². The van der Waals surface area contributed by atoms with Crippen LogP contribution in [0.4, 0.5) is 5.69 Å². The summed E-state index contributed by atoms with van der Waals surface area (Å²) >= 11 is 0. The maximum Gasteiger partial charge on any atom is 0.357 e. The predicted molar refractivity (Wildman–Crippen MR) is 98.4 cm³/mol. The molecule has 11 nitrogen and oxygen atoms in total. The summed E-state index contributed by atoms with van der Waals surface area (Å²) in [5.74, 6) is 0.0828. The summed E-state index contributed by atoms with van der Waals surface area (Å²) in [6.07, 6.45) is 2.68. The van der Waals surface area contributed by atoms with Crippen molar-refractivity contribution < 1.29 is 23.9 Å². The number of ether oxygens (including phenoxy) is 3. The van der Waals surface area contributed by atoms with Crippen molar-refractivity contribution in [2.75, 3.05) is 20.3 Å². The number of H-pyrrole nitrogens is 2. The largest absolute Gasteiger partial charge is 0.490 e. The molecule has 0 atom stereocenters. The third-order valence-electron chi connectivity index (χ3n) is 3.41. The van der Waals surface area contributed by atoms with E-state index in [1.807, 2.05) is 0 Å². The zero-order chi connectivity index (χ0) is 20.7. The van der Waals surface area contributed by atoms with E-state index < -0.39 is 27.8 Å². The Bertz CT molecular complexity index is 1020. The van der Waals surface area contributed by atoms with Gasteiger partial charge in [-0.15, -0.1) is 0 Å². The summed E-state index contributed by atoms with van der Waals surface area (Å²) in [6.45, 7) is 1.79. The first-order valence-corrected chi connectivity index (χ1v) is 8.01. The van der Waals surface area contributed by atoms with Gasteiger partial charge in [0.05, 0.1) is 18.6 Å². The van der Waals surface area contributed by atoms with Crippen LogP contribution in [0.3, 0.4) is 0 Å². The molecule has 0 saturated carbocycles. The van der Waals surface area contributed by atoms with Gasteiger partial charge in [0, 0.05) is 0 Å². The van der Waals surface area contributed by atoms with Crippen molar-refractivity contribution in [3.8, 4) is 11.5 Å². The van der Waals surface area contributed by atoms with Crippen LogP contribution in [-0.2, 0) is 9.53 Å². The van der Waals surface area contributed by atoms with Gasteiger partial charge in [-0.2, -0.15) is 0 Å². The van der Waals surface area contributed by atoms with E-state index in [4.69, 9.17) is 9.47 Å². The predicted octanol–water partition coefficient (Wildman–Crippen LogP) is 1.09. The number of hydrogen-bond donors (Lipinski definition) is 2. The normalized spacial score (nSPS) is 10.6. The van der Waals surface area contributed by atoms with Gasteiger partial charge in [0.1, 0.15) is 5.69 Å². The lowest BCUT2D eigenvalue weighted by Crippen LogP contribution is -2.25. The average Bonchev–Trinajstić information content (AvgIpc) is 2.64. The molecule has 2 rings (SSSR count). The first-order valence-electron chi connectivity index (χ1n) is 8.01. The SMILES string of the molecule is CCOc1cc(/C=C\c2[nH]c(=O)[nH]c(=O)c2[N+](=O)[O-])ccc1OCC(=O)OC. The summed E-state index contributed by atoms with van der Waals surface area (Å²) in [4.78, 5) is 48.4. The molecule has 0 saturated heterocycles. The van der Waals surface area contributed by atoms with Crippen LogP contribution in [0, 0.1) is 10.1 Å². The van der Waals surface area contributed by atoms with E-state index in [-0.39, 0.29) is 12.3 Å². The molecule has 0 aliphatic rings. The zero-order valence-electron chi connectivity index (χ0n) is 15.0. The highest BCUT2D eigenvalue weighted by atomic mass is 16.6. The van der Waals surface area contributed by atoms with Crippen molar-refractivity contribution in [1.29, 1.82) is 0 Å².